The van der Waals surface area contributed by atoms with Crippen molar-refractivity contribution in [2.75, 3.05) is 45.3 Å². The lowest BCUT2D eigenvalue weighted by molar-refractivity contribution is -0.117. The Morgan fingerprint density at radius 2 is 1.86 bits per heavy atom. The Morgan fingerprint density at radius 3 is 2.33 bits per heavy atom. The van der Waals surface area contributed by atoms with Gasteiger partial charge in [0.1, 0.15) is 0 Å². The van der Waals surface area contributed by atoms with Crippen molar-refractivity contribution >= 4 is 17.3 Å². The van der Waals surface area contributed by atoms with Gasteiger partial charge in [-0.1, -0.05) is 0 Å². The van der Waals surface area contributed by atoms with Crippen molar-refractivity contribution in [1.82, 2.24) is 9.80 Å². The molecule has 1 amide bonds. The number of benzene rings is 1. The second-order valence-corrected chi connectivity index (χ2v) is 6.31. The first-order valence-corrected chi connectivity index (χ1v) is 7.43. The molecule has 21 heavy (non-hydrogen) atoms. The molecule has 1 saturated carbocycles. The van der Waals surface area contributed by atoms with Gasteiger partial charge in [-0.05, 0) is 64.7 Å². The van der Waals surface area contributed by atoms with E-state index in [1.807, 2.05) is 19.2 Å². The van der Waals surface area contributed by atoms with Gasteiger partial charge < -0.3 is 16.0 Å². The van der Waals surface area contributed by atoms with Crippen LogP contribution in [0.1, 0.15) is 19.3 Å². The van der Waals surface area contributed by atoms with Gasteiger partial charge in [-0.3, -0.25) is 9.69 Å². The van der Waals surface area contributed by atoms with E-state index in [0.717, 1.165) is 12.2 Å². The molecule has 5 heteroatoms. The van der Waals surface area contributed by atoms with Crippen LogP contribution in [0.25, 0.3) is 0 Å². The van der Waals surface area contributed by atoms with Gasteiger partial charge in [0.2, 0.25) is 5.91 Å². The van der Waals surface area contributed by atoms with Crippen LogP contribution >= 0.6 is 0 Å². The fraction of sp³-hybridized carbons (Fsp3) is 0.562. The van der Waals surface area contributed by atoms with Gasteiger partial charge in [-0.25, -0.2) is 0 Å². The van der Waals surface area contributed by atoms with Crippen molar-refractivity contribution in [2.45, 2.75) is 24.8 Å². The van der Waals surface area contributed by atoms with Crippen LogP contribution in [0.15, 0.2) is 24.3 Å². The minimum atomic E-state index is 0.00972. The zero-order valence-electron chi connectivity index (χ0n) is 13.2. The Hall–Kier alpha value is -1.59. The van der Waals surface area contributed by atoms with Crippen molar-refractivity contribution in [1.29, 1.82) is 0 Å². The SMILES string of the molecule is CN(CC(=O)Nc1ccc(N)cc1)CC1(N(C)C)CCC1. The molecule has 116 valence electrons. The summed E-state index contributed by atoms with van der Waals surface area (Å²) in [6, 6.07) is 7.21. The van der Waals surface area contributed by atoms with Gasteiger partial charge in [0, 0.05) is 23.5 Å². The average molecular weight is 290 g/mol. The number of amides is 1. The highest BCUT2D eigenvalue weighted by Gasteiger charge is 2.39. The van der Waals surface area contributed by atoms with Crippen LogP contribution in [0.2, 0.25) is 0 Å². The van der Waals surface area contributed by atoms with Crippen molar-refractivity contribution in [3.63, 3.8) is 0 Å². The van der Waals surface area contributed by atoms with E-state index >= 15 is 0 Å². The molecular formula is C16H26N4O. The van der Waals surface area contributed by atoms with E-state index < -0.39 is 0 Å². The first kappa shape index (κ1) is 15.8. The molecular weight excluding hydrogens is 264 g/mol. The number of likely N-dealkylation sites (N-methyl/N-ethyl adjacent to an activating group) is 2. The lowest BCUT2D eigenvalue weighted by Crippen LogP contribution is -2.57. The van der Waals surface area contributed by atoms with Gasteiger partial charge in [-0.15, -0.1) is 0 Å². The molecule has 0 aromatic heterocycles. The summed E-state index contributed by atoms with van der Waals surface area (Å²) in [5.41, 5.74) is 7.36. The summed E-state index contributed by atoms with van der Waals surface area (Å²) in [5, 5.41) is 2.90. The summed E-state index contributed by atoms with van der Waals surface area (Å²) in [6.45, 7) is 1.33. The highest BCUT2D eigenvalue weighted by atomic mass is 16.2. The molecule has 1 aromatic rings. The number of rotatable bonds is 6. The lowest BCUT2D eigenvalue weighted by Gasteiger charge is -2.49. The van der Waals surface area contributed by atoms with Gasteiger partial charge in [0.05, 0.1) is 6.54 Å². The van der Waals surface area contributed by atoms with Gasteiger partial charge >= 0.3 is 0 Å². The second-order valence-electron chi connectivity index (χ2n) is 6.31. The number of carbonyl (C=O) groups excluding carboxylic acids is 1. The van der Waals surface area contributed by atoms with Crippen molar-refractivity contribution < 1.29 is 4.79 Å². The smallest absolute Gasteiger partial charge is 0.238 e. The Balaban J connectivity index is 1.83. The monoisotopic (exact) mass is 290 g/mol. The average Bonchev–Trinajstić information content (AvgIpc) is 2.36. The molecule has 0 unspecified atom stereocenters. The van der Waals surface area contributed by atoms with E-state index in [-0.39, 0.29) is 11.4 Å². The lowest BCUT2D eigenvalue weighted by atomic mass is 9.75. The van der Waals surface area contributed by atoms with Crippen LogP contribution in [-0.2, 0) is 4.79 Å². The van der Waals surface area contributed by atoms with Crippen LogP contribution in [0, 0.1) is 0 Å². The number of anilines is 2. The predicted molar refractivity (Wildman–Crippen MR) is 87.3 cm³/mol. The van der Waals surface area contributed by atoms with Gasteiger partial charge in [0.15, 0.2) is 0 Å². The van der Waals surface area contributed by atoms with E-state index in [1.165, 1.54) is 19.3 Å². The molecule has 0 radical (unpaired) electrons. The molecule has 5 nitrogen and oxygen atoms in total. The van der Waals surface area contributed by atoms with Crippen LogP contribution in [0.3, 0.4) is 0 Å². The summed E-state index contributed by atoms with van der Waals surface area (Å²) in [6.07, 6.45) is 3.71. The number of nitrogen functional groups attached to an aromatic ring is 1. The number of nitrogens with two attached hydrogens (primary N) is 1. The molecule has 0 atom stereocenters. The van der Waals surface area contributed by atoms with Crippen molar-refractivity contribution in [2.24, 2.45) is 0 Å². The maximum atomic E-state index is 12.1. The molecule has 1 aromatic carbocycles. The summed E-state index contributed by atoms with van der Waals surface area (Å²) in [4.78, 5) is 16.5. The van der Waals surface area contributed by atoms with Gasteiger partial charge in [-0.2, -0.15) is 0 Å². The topological polar surface area (TPSA) is 61.6 Å². The maximum absolute atomic E-state index is 12.1. The zero-order valence-corrected chi connectivity index (χ0v) is 13.2. The molecule has 0 heterocycles. The molecule has 1 aliphatic carbocycles. The van der Waals surface area contributed by atoms with Crippen LogP contribution in [0.4, 0.5) is 11.4 Å². The quantitative estimate of drug-likeness (QED) is 0.782. The van der Waals surface area contributed by atoms with E-state index in [4.69, 9.17) is 5.73 Å². The first-order chi connectivity index (χ1) is 9.91. The third-order valence-corrected chi connectivity index (χ3v) is 4.41. The van der Waals surface area contributed by atoms with E-state index in [1.54, 1.807) is 12.1 Å². The Bertz CT molecular complexity index is 480. The Kier molecular flexibility index (Phi) is 4.85. The third-order valence-electron chi connectivity index (χ3n) is 4.41. The maximum Gasteiger partial charge on any atom is 0.238 e. The normalized spacial score (nSPS) is 16.8. The highest BCUT2D eigenvalue weighted by Crippen LogP contribution is 2.36. The molecule has 2 rings (SSSR count). The number of carbonyl (C=O) groups is 1. The number of hydrogen-bond donors (Lipinski definition) is 2. The summed E-state index contributed by atoms with van der Waals surface area (Å²) in [7, 11) is 6.26. The molecule has 3 N–H and O–H groups in total. The molecule has 0 spiro atoms. The highest BCUT2D eigenvalue weighted by molar-refractivity contribution is 5.92. The summed E-state index contributed by atoms with van der Waals surface area (Å²) >= 11 is 0. The van der Waals surface area contributed by atoms with Gasteiger partial charge in [0.25, 0.3) is 0 Å². The minimum absolute atomic E-state index is 0.00972. The fourth-order valence-corrected chi connectivity index (χ4v) is 2.90. The predicted octanol–water partition coefficient (Wildman–Crippen LogP) is 1.62. The number of nitrogens with zero attached hydrogens (tertiary/aromatic N) is 2. The summed E-state index contributed by atoms with van der Waals surface area (Å²) < 4.78 is 0. The molecule has 0 saturated heterocycles. The van der Waals surface area contributed by atoms with Crippen molar-refractivity contribution in [3.05, 3.63) is 24.3 Å². The fourth-order valence-electron chi connectivity index (χ4n) is 2.90. The first-order valence-electron chi connectivity index (χ1n) is 7.43. The van der Waals surface area contributed by atoms with Crippen LogP contribution in [0.5, 0.6) is 0 Å². The molecule has 1 fully saturated rings. The molecule has 0 bridgehead atoms. The minimum Gasteiger partial charge on any atom is -0.399 e. The molecule has 1 aliphatic rings. The number of hydrogen-bond acceptors (Lipinski definition) is 4. The third kappa shape index (κ3) is 3.95. The van der Waals surface area contributed by atoms with E-state index in [2.05, 4.69) is 29.2 Å². The number of nitrogens with one attached hydrogen (secondary N) is 1. The zero-order chi connectivity index (χ0) is 15.5. The van der Waals surface area contributed by atoms with Crippen LogP contribution in [-0.4, -0.2) is 55.5 Å². The Labute approximate surface area is 127 Å². The Morgan fingerprint density at radius 1 is 1.24 bits per heavy atom. The standard InChI is InChI=1S/C16H26N4O/c1-19(2)16(9-4-10-16)12-20(3)11-15(21)18-14-7-5-13(17)6-8-14/h5-8H,4,9-12,17H2,1-3H3,(H,18,21). The van der Waals surface area contributed by atoms with E-state index in [0.29, 0.717) is 12.2 Å². The van der Waals surface area contributed by atoms with E-state index in [9.17, 15) is 4.79 Å². The largest absolute Gasteiger partial charge is 0.399 e. The van der Waals surface area contributed by atoms with Crippen molar-refractivity contribution in [3.8, 4) is 0 Å². The second kappa shape index (κ2) is 6.45. The molecule has 0 aliphatic heterocycles. The van der Waals surface area contributed by atoms with Crippen LogP contribution < -0.4 is 11.1 Å². The summed E-state index contributed by atoms with van der Waals surface area (Å²) in [5.74, 6) is 0.00972.